The number of likely N-dealkylation sites (N-methyl/N-ethyl adjacent to an activating group) is 1. The molecule has 0 aromatic rings. The quantitative estimate of drug-likeness (QED) is 0.558. The Morgan fingerprint density at radius 1 is 1.28 bits per heavy atom. The van der Waals surface area contributed by atoms with Gasteiger partial charge in [0, 0.05) is 18.6 Å². The van der Waals surface area contributed by atoms with Crippen molar-refractivity contribution in [2.24, 2.45) is 17.6 Å². The largest absolute Gasteiger partial charge is 0.448 e. The Labute approximate surface area is 153 Å². The molecule has 1 aliphatic carbocycles. The molecule has 0 bridgehead atoms. The van der Waals surface area contributed by atoms with Gasteiger partial charge in [0.1, 0.15) is 6.61 Å². The fourth-order valence-corrected chi connectivity index (χ4v) is 3.41. The highest BCUT2D eigenvalue weighted by Crippen LogP contribution is 2.28. The van der Waals surface area contributed by atoms with Gasteiger partial charge in [-0.3, -0.25) is 0 Å². The molecule has 1 rings (SSSR count). The molecule has 0 aromatic heterocycles. The van der Waals surface area contributed by atoms with Crippen LogP contribution in [0.15, 0.2) is 0 Å². The third kappa shape index (κ3) is 9.42. The first-order valence-electron chi connectivity index (χ1n) is 9.81. The summed E-state index contributed by atoms with van der Waals surface area (Å²) in [6, 6.07) is -0.366. The molecule has 1 fully saturated rings. The zero-order valence-corrected chi connectivity index (χ0v) is 16.5. The van der Waals surface area contributed by atoms with Gasteiger partial charge in [-0.05, 0) is 38.8 Å². The van der Waals surface area contributed by atoms with Gasteiger partial charge in [-0.25, -0.2) is 4.79 Å². The second kappa shape index (κ2) is 11.7. The monoisotopic (exact) mass is 357 g/mol. The summed E-state index contributed by atoms with van der Waals surface area (Å²) in [4.78, 5) is 13.9. The molecule has 6 heteroatoms. The van der Waals surface area contributed by atoms with Crippen molar-refractivity contribution in [2.45, 2.75) is 77.0 Å². The highest BCUT2D eigenvalue weighted by atomic mass is 16.5. The number of nitrogens with two attached hydrogens (primary N) is 1. The summed E-state index contributed by atoms with van der Waals surface area (Å²) in [6.45, 7) is 5.11. The van der Waals surface area contributed by atoms with Crippen molar-refractivity contribution < 1.29 is 14.6 Å². The Balaban J connectivity index is 2.39. The van der Waals surface area contributed by atoms with Gasteiger partial charge in [-0.15, -0.1) is 0 Å². The Hall–Kier alpha value is -0.850. The molecule has 25 heavy (non-hydrogen) atoms. The molecule has 3 atom stereocenters. The molecular weight excluding hydrogens is 318 g/mol. The van der Waals surface area contributed by atoms with Gasteiger partial charge in [-0.1, -0.05) is 46.0 Å². The van der Waals surface area contributed by atoms with Crippen LogP contribution in [0.4, 0.5) is 4.79 Å². The van der Waals surface area contributed by atoms with Gasteiger partial charge in [-0.2, -0.15) is 0 Å². The van der Waals surface area contributed by atoms with Crippen LogP contribution in [0.2, 0.25) is 0 Å². The molecule has 6 nitrogen and oxygen atoms in total. The Bertz CT molecular complexity index is 371. The average molecular weight is 358 g/mol. The highest BCUT2D eigenvalue weighted by molar-refractivity contribution is 5.67. The first-order chi connectivity index (χ1) is 11.8. The maximum atomic E-state index is 11.9. The second-order valence-corrected chi connectivity index (χ2v) is 8.14. The first-order valence-corrected chi connectivity index (χ1v) is 9.81. The third-order valence-corrected chi connectivity index (χ3v) is 5.20. The Kier molecular flexibility index (Phi) is 10.4. The number of ether oxygens (including phenoxy) is 1. The van der Waals surface area contributed by atoms with Crippen LogP contribution in [0.3, 0.4) is 0 Å². The van der Waals surface area contributed by atoms with E-state index in [-0.39, 0.29) is 18.0 Å². The molecule has 0 aromatic carbocycles. The van der Waals surface area contributed by atoms with Crippen LogP contribution in [-0.2, 0) is 4.74 Å². The van der Waals surface area contributed by atoms with E-state index in [4.69, 9.17) is 10.5 Å². The number of alkyl carbamates (subject to hydrolysis) is 1. The summed E-state index contributed by atoms with van der Waals surface area (Å²) in [5.41, 5.74) is 6.24. The highest BCUT2D eigenvalue weighted by Gasteiger charge is 2.26. The molecule has 4 N–H and O–H groups in total. The zero-order valence-electron chi connectivity index (χ0n) is 16.5. The number of carbonyl (C=O) groups is 1. The van der Waals surface area contributed by atoms with Crippen molar-refractivity contribution in [3.05, 3.63) is 0 Å². The predicted octanol–water partition coefficient (Wildman–Crippen LogP) is 2.35. The Morgan fingerprint density at radius 2 is 1.92 bits per heavy atom. The number of nitrogens with one attached hydrogen (secondary N) is 1. The maximum absolute atomic E-state index is 11.9. The third-order valence-electron chi connectivity index (χ3n) is 5.20. The van der Waals surface area contributed by atoms with Crippen LogP contribution >= 0.6 is 0 Å². The number of aliphatic hydroxyl groups excluding tert-OH is 1. The molecule has 1 amide bonds. The molecule has 0 radical (unpaired) electrons. The van der Waals surface area contributed by atoms with Crippen molar-refractivity contribution in [3.63, 3.8) is 0 Å². The minimum atomic E-state index is -0.601. The van der Waals surface area contributed by atoms with Crippen LogP contribution in [0, 0.1) is 11.8 Å². The normalized spacial score (nSPS) is 19.7. The van der Waals surface area contributed by atoms with Gasteiger partial charge in [0.2, 0.25) is 0 Å². The molecular formula is C19H39N3O3. The van der Waals surface area contributed by atoms with Crippen molar-refractivity contribution in [3.8, 4) is 0 Å². The lowest BCUT2D eigenvalue weighted by Crippen LogP contribution is -2.46. The standard InChI is InChI=1S/C19H39N3O3/c1-14(2)17(21-19(24)25-11-10-22(3)4)13-18(23)16(20)12-15-8-6-5-7-9-15/h14-18,23H,5-13,20H2,1-4H3,(H,21,24)/t16-,17-,18-/m0/s1. The lowest BCUT2D eigenvalue weighted by atomic mass is 9.83. The van der Waals surface area contributed by atoms with Gasteiger partial charge >= 0.3 is 6.09 Å². The average Bonchev–Trinajstić information content (AvgIpc) is 2.54. The number of hydrogen-bond donors (Lipinski definition) is 3. The lowest BCUT2D eigenvalue weighted by molar-refractivity contribution is 0.0921. The van der Waals surface area contributed by atoms with E-state index in [0.717, 1.165) is 6.42 Å². The topological polar surface area (TPSA) is 87.8 Å². The van der Waals surface area contributed by atoms with E-state index in [0.29, 0.717) is 25.5 Å². The number of amides is 1. The van der Waals surface area contributed by atoms with E-state index in [1.807, 2.05) is 32.8 Å². The lowest BCUT2D eigenvalue weighted by Gasteiger charge is -2.30. The number of hydrogen-bond acceptors (Lipinski definition) is 5. The maximum Gasteiger partial charge on any atom is 0.407 e. The second-order valence-electron chi connectivity index (χ2n) is 8.14. The van der Waals surface area contributed by atoms with Crippen LogP contribution in [0.25, 0.3) is 0 Å². The number of carbonyl (C=O) groups excluding carboxylic acids is 1. The summed E-state index contributed by atoms with van der Waals surface area (Å²) >= 11 is 0. The minimum absolute atomic E-state index is 0.140. The van der Waals surface area contributed by atoms with E-state index >= 15 is 0 Å². The van der Waals surface area contributed by atoms with Crippen LogP contribution in [0.1, 0.15) is 58.8 Å². The number of rotatable bonds is 10. The summed E-state index contributed by atoms with van der Waals surface area (Å²) in [5.74, 6) is 0.845. The SMILES string of the molecule is CC(C)[C@H](C[C@H](O)[C@@H](N)CC1CCCCC1)NC(=O)OCCN(C)C. The van der Waals surface area contributed by atoms with Gasteiger partial charge in [0.15, 0.2) is 0 Å². The Morgan fingerprint density at radius 3 is 2.48 bits per heavy atom. The molecule has 0 unspecified atom stereocenters. The molecule has 0 aliphatic heterocycles. The smallest absolute Gasteiger partial charge is 0.407 e. The van der Waals surface area contributed by atoms with Gasteiger partial charge in [0.05, 0.1) is 6.10 Å². The van der Waals surface area contributed by atoms with Crippen molar-refractivity contribution in [1.82, 2.24) is 10.2 Å². The summed E-state index contributed by atoms with van der Waals surface area (Å²) in [6.07, 6.45) is 6.65. The molecule has 0 saturated heterocycles. The summed E-state index contributed by atoms with van der Waals surface area (Å²) < 4.78 is 5.19. The van der Waals surface area contributed by atoms with E-state index in [1.165, 1.54) is 32.1 Å². The fourth-order valence-electron chi connectivity index (χ4n) is 3.41. The minimum Gasteiger partial charge on any atom is -0.448 e. The summed E-state index contributed by atoms with van der Waals surface area (Å²) in [7, 11) is 3.87. The van der Waals surface area contributed by atoms with E-state index in [1.54, 1.807) is 0 Å². The van der Waals surface area contributed by atoms with Crippen molar-refractivity contribution in [2.75, 3.05) is 27.2 Å². The van der Waals surface area contributed by atoms with Gasteiger partial charge < -0.3 is 25.8 Å². The number of aliphatic hydroxyl groups is 1. The van der Waals surface area contributed by atoms with Crippen LogP contribution in [0.5, 0.6) is 0 Å². The van der Waals surface area contributed by atoms with Crippen molar-refractivity contribution in [1.29, 1.82) is 0 Å². The molecule has 1 aliphatic rings. The zero-order chi connectivity index (χ0) is 18.8. The number of nitrogens with zero attached hydrogens (tertiary/aromatic N) is 1. The molecule has 148 valence electrons. The van der Waals surface area contributed by atoms with Crippen LogP contribution in [-0.4, -0.2) is 61.5 Å². The van der Waals surface area contributed by atoms with E-state index in [2.05, 4.69) is 5.32 Å². The van der Waals surface area contributed by atoms with E-state index in [9.17, 15) is 9.90 Å². The first kappa shape index (κ1) is 22.2. The van der Waals surface area contributed by atoms with Crippen LogP contribution < -0.4 is 11.1 Å². The molecule has 1 saturated carbocycles. The van der Waals surface area contributed by atoms with Gasteiger partial charge in [0.25, 0.3) is 0 Å². The fraction of sp³-hybridized carbons (Fsp3) is 0.947. The van der Waals surface area contributed by atoms with E-state index < -0.39 is 12.2 Å². The molecule has 0 heterocycles. The summed E-state index contributed by atoms with van der Waals surface area (Å²) in [5, 5.41) is 13.4. The molecule has 0 spiro atoms. The van der Waals surface area contributed by atoms with Crippen molar-refractivity contribution >= 4 is 6.09 Å². The predicted molar refractivity (Wildman–Crippen MR) is 101 cm³/mol.